The first-order valence-electron chi connectivity index (χ1n) is 13.5. The lowest BCUT2D eigenvalue weighted by Crippen LogP contribution is -2.48. The van der Waals surface area contributed by atoms with Crippen LogP contribution < -0.4 is 21.7 Å². The van der Waals surface area contributed by atoms with E-state index in [4.69, 9.17) is 15.2 Å². The second kappa shape index (κ2) is 18.0. The quantitative estimate of drug-likeness (QED) is 0.0990. The Bertz CT molecular complexity index is 972. The molecular weight excluding hydrogens is 506 g/mol. The number of carbonyl (C=O) groups is 5. The number of carbonyl (C=O) groups excluding carboxylic acids is 5. The maximum Gasteiger partial charge on any atom is 0.264 e. The molecule has 5 N–H and O–H groups in total. The van der Waals surface area contributed by atoms with Crippen molar-refractivity contribution in [2.45, 2.75) is 51.0 Å². The first-order valence-corrected chi connectivity index (χ1v) is 13.5. The lowest BCUT2D eigenvalue weighted by Gasteiger charge is -2.24. The normalized spacial score (nSPS) is 13.2. The Morgan fingerprint density at radius 2 is 1.72 bits per heavy atom. The molecule has 1 heterocycles. The molecule has 12 heteroatoms. The fourth-order valence-electron chi connectivity index (χ4n) is 4.16. The Hall–Kier alpha value is -3.35. The highest BCUT2D eigenvalue weighted by atomic mass is 16.5. The molecule has 1 atom stereocenters. The fraction of sp³-hybridized carbons (Fsp3) is 0.593. The number of nitrogens with zero attached hydrogens (tertiary/aromatic N) is 1. The van der Waals surface area contributed by atoms with Crippen molar-refractivity contribution in [1.82, 2.24) is 15.5 Å². The topological polar surface area (TPSA) is 169 Å². The molecule has 1 aliphatic rings. The summed E-state index contributed by atoms with van der Waals surface area (Å²) in [5, 5.41) is 8.22. The van der Waals surface area contributed by atoms with Crippen LogP contribution in [-0.2, 0) is 23.9 Å². The smallest absolute Gasteiger partial charge is 0.264 e. The third-order valence-electron chi connectivity index (χ3n) is 6.21. The Morgan fingerprint density at radius 3 is 2.41 bits per heavy atom. The van der Waals surface area contributed by atoms with Gasteiger partial charge in [-0.3, -0.25) is 24.1 Å². The number of aldehydes is 1. The molecule has 216 valence electrons. The van der Waals surface area contributed by atoms with Gasteiger partial charge in [0.05, 0.1) is 30.9 Å². The predicted octanol–water partition coefficient (Wildman–Crippen LogP) is 0.847. The lowest BCUT2D eigenvalue weighted by molar-refractivity contribution is -0.125. The zero-order valence-corrected chi connectivity index (χ0v) is 22.7. The number of ether oxygens (including phenoxy) is 2. The highest BCUT2D eigenvalue weighted by Crippen LogP contribution is 2.31. The molecule has 0 aromatic heterocycles. The number of fused-ring (bicyclic) bond motifs is 1. The molecular formula is C27H41N5O7. The van der Waals surface area contributed by atoms with Gasteiger partial charge in [-0.1, -0.05) is 18.9 Å². The van der Waals surface area contributed by atoms with E-state index >= 15 is 0 Å². The Kier molecular flexibility index (Phi) is 14.7. The van der Waals surface area contributed by atoms with Gasteiger partial charge in [-0.05, 0) is 44.4 Å². The number of unbranched alkanes of at least 4 members (excludes halogenated alkanes) is 3. The van der Waals surface area contributed by atoms with E-state index in [0.717, 1.165) is 37.0 Å². The summed E-state index contributed by atoms with van der Waals surface area (Å²) in [6.07, 6.45) is 5.26. The molecule has 0 spiro atoms. The van der Waals surface area contributed by atoms with Crippen LogP contribution in [0.2, 0.25) is 0 Å². The van der Waals surface area contributed by atoms with Gasteiger partial charge in [-0.15, -0.1) is 0 Å². The molecule has 0 bridgehead atoms. The number of amides is 4. The van der Waals surface area contributed by atoms with Crippen molar-refractivity contribution >= 4 is 35.6 Å². The molecule has 4 amide bonds. The van der Waals surface area contributed by atoms with E-state index in [2.05, 4.69) is 16.0 Å². The number of nitrogens with two attached hydrogens (primary N) is 1. The van der Waals surface area contributed by atoms with Crippen LogP contribution in [-0.4, -0.2) is 94.0 Å². The maximum absolute atomic E-state index is 13.2. The van der Waals surface area contributed by atoms with Gasteiger partial charge in [0.25, 0.3) is 11.8 Å². The van der Waals surface area contributed by atoms with E-state index in [0.29, 0.717) is 51.5 Å². The minimum atomic E-state index is -1.10. The molecule has 1 aliphatic heterocycles. The van der Waals surface area contributed by atoms with Gasteiger partial charge in [-0.25, -0.2) is 0 Å². The molecule has 0 saturated heterocycles. The van der Waals surface area contributed by atoms with Crippen molar-refractivity contribution in [2.75, 3.05) is 58.4 Å². The number of likely N-dealkylation sites (N-methyl/N-ethyl adjacent to an activating group) is 1. The minimum absolute atomic E-state index is 0.0238. The summed E-state index contributed by atoms with van der Waals surface area (Å²) in [6, 6.07) is 3.61. The zero-order chi connectivity index (χ0) is 28.5. The number of hydrogen-bond acceptors (Lipinski definition) is 9. The molecule has 0 saturated carbocycles. The highest BCUT2D eigenvalue weighted by Gasteiger charge is 2.43. The minimum Gasteiger partial charge on any atom is -0.379 e. The largest absolute Gasteiger partial charge is 0.379 e. The SMILES string of the molecule is CNC(=O)C(CCC=O)N1C(=O)c2cccc(NCC(=O)NCCCCCCOCCOCCCN)c2C1=O. The van der Waals surface area contributed by atoms with Crippen LogP contribution in [0.3, 0.4) is 0 Å². The van der Waals surface area contributed by atoms with E-state index in [-0.39, 0.29) is 36.4 Å². The van der Waals surface area contributed by atoms with Gasteiger partial charge in [0.1, 0.15) is 12.3 Å². The fourth-order valence-corrected chi connectivity index (χ4v) is 4.16. The van der Waals surface area contributed by atoms with Crippen LogP contribution in [0.5, 0.6) is 0 Å². The molecule has 1 aromatic carbocycles. The third-order valence-corrected chi connectivity index (χ3v) is 6.21. The first-order chi connectivity index (χ1) is 19.0. The van der Waals surface area contributed by atoms with Gasteiger partial charge in [-0.2, -0.15) is 0 Å². The maximum atomic E-state index is 13.2. The summed E-state index contributed by atoms with van der Waals surface area (Å²) < 4.78 is 10.9. The predicted molar refractivity (Wildman–Crippen MR) is 145 cm³/mol. The van der Waals surface area contributed by atoms with Crippen LogP contribution in [0.15, 0.2) is 18.2 Å². The molecule has 39 heavy (non-hydrogen) atoms. The van der Waals surface area contributed by atoms with Gasteiger partial charge in [0, 0.05) is 38.9 Å². The monoisotopic (exact) mass is 547 g/mol. The number of hydrogen-bond donors (Lipinski definition) is 4. The van der Waals surface area contributed by atoms with E-state index in [1.54, 1.807) is 12.1 Å². The Balaban J connectivity index is 1.73. The van der Waals surface area contributed by atoms with Crippen molar-refractivity contribution < 1.29 is 33.4 Å². The van der Waals surface area contributed by atoms with E-state index in [1.165, 1.54) is 13.1 Å². The van der Waals surface area contributed by atoms with Crippen molar-refractivity contribution in [2.24, 2.45) is 5.73 Å². The lowest BCUT2D eigenvalue weighted by atomic mass is 10.1. The van der Waals surface area contributed by atoms with Crippen LogP contribution in [0.1, 0.15) is 65.7 Å². The standard InChI is InChI=1S/C27H41N5O7/c1-29-25(35)22(11-7-14-33)32-26(36)20-9-6-10-21(24(20)27(32)37)31-19-23(34)30-13-4-2-3-5-15-38-17-18-39-16-8-12-28/h6,9-10,14,22,31H,2-5,7-8,11-13,15-19,28H2,1H3,(H,29,35)(H,30,34). The Morgan fingerprint density at radius 1 is 1.00 bits per heavy atom. The van der Waals surface area contributed by atoms with Crippen molar-refractivity contribution in [3.63, 3.8) is 0 Å². The second-order valence-electron chi connectivity index (χ2n) is 9.07. The number of anilines is 1. The van der Waals surface area contributed by atoms with Gasteiger partial charge in [0.15, 0.2) is 0 Å². The molecule has 0 radical (unpaired) electrons. The van der Waals surface area contributed by atoms with E-state index < -0.39 is 23.8 Å². The van der Waals surface area contributed by atoms with Gasteiger partial charge >= 0.3 is 0 Å². The third kappa shape index (κ3) is 10.0. The summed E-state index contributed by atoms with van der Waals surface area (Å²) in [6.45, 7) is 3.56. The Labute approximate surface area is 229 Å². The first kappa shape index (κ1) is 31.9. The summed E-state index contributed by atoms with van der Waals surface area (Å²) in [4.78, 5) is 62.6. The summed E-state index contributed by atoms with van der Waals surface area (Å²) in [5.74, 6) is -2.02. The van der Waals surface area contributed by atoms with Gasteiger partial charge in [0.2, 0.25) is 11.8 Å². The average molecular weight is 548 g/mol. The van der Waals surface area contributed by atoms with Crippen LogP contribution in [0.4, 0.5) is 5.69 Å². The van der Waals surface area contributed by atoms with E-state index in [9.17, 15) is 24.0 Å². The molecule has 1 unspecified atom stereocenters. The summed E-state index contributed by atoms with van der Waals surface area (Å²) >= 11 is 0. The molecule has 1 aromatic rings. The van der Waals surface area contributed by atoms with Gasteiger partial charge < -0.3 is 36.0 Å². The number of imide groups is 1. The average Bonchev–Trinajstić information content (AvgIpc) is 3.20. The van der Waals surface area contributed by atoms with Crippen molar-refractivity contribution in [3.8, 4) is 0 Å². The molecule has 0 fully saturated rings. The zero-order valence-electron chi connectivity index (χ0n) is 22.7. The molecule has 0 aliphatic carbocycles. The summed E-state index contributed by atoms with van der Waals surface area (Å²) in [5.41, 5.74) is 5.99. The highest BCUT2D eigenvalue weighted by molar-refractivity contribution is 6.25. The van der Waals surface area contributed by atoms with Crippen molar-refractivity contribution in [1.29, 1.82) is 0 Å². The van der Waals surface area contributed by atoms with Crippen LogP contribution in [0, 0.1) is 0 Å². The molecule has 2 rings (SSSR count). The number of rotatable bonds is 21. The van der Waals surface area contributed by atoms with Crippen molar-refractivity contribution in [3.05, 3.63) is 29.3 Å². The number of nitrogens with one attached hydrogen (secondary N) is 3. The number of benzene rings is 1. The molecule has 12 nitrogen and oxygen atoms in total. The van der Waals surface area contributed by atoms with Crippen LogP contribution in [0.25, 0.3) is 0 Å². The van der Waals surface area contributed by atoms with E-state index in [1.807, 2.05) is 0 Å². The second-order valence-corrected chi connectivity index (χ2v) is 9.07. The summed E-state index contributed by atoms with van der Waals surface area (Å²) in [7, 11) is 1.40. The van der Waals surface area contributed by atoms with Crippen LogP contribution >= 0.6 is 0 Å².